The Bertz CT molecular complexity index is 938. The number of halogens is 1. The van der Waals surface area contributed by atoms with Gasteiger partial charge in [0.25, 0.3) is 5.91 Å². The average Bonchev–Trinajstić information content (AvgIpc) is 3.18. The second-order valence-corrected chi connectivity index (χ2v) is 8.48. The summed E-state index contributed by atoms with van der Waals surface area (Å²) in [5.41, 5.74) is 3.07. The van der Waals surface area contributed by atoms with E-state index in [0.29, 0.717) is 23.6 Å². The van der Waals surface area contributed by atoms with Crippen LogP contribution in [0.15, 0.2) is 47.4 Å². The van der Waals surface area contributed by atoms with Gasteiger partial charge in [-0.2, -0.15) is 11.3 Å². The van der Waals surface area contributed by atoms with E-state index in [1.54, 1.807) is 22.3 Å². The molecule has 5 rings (SSSR count). The minimum Gasteiger partial charge on any atom is -0.331 e. The Kier molecular flexibility index (Phi) is 5.67. The molecule has 3 heterocycles. The van der Waals surface area contributed by atoms with Crippen molar-refractivity contribution in [3.8, 4) is 5.69 Å². The first kappa shape index (κ1) is 20.0. The number of hydrogen-bond donors (Lipinski definition) is 1. The second kappa shape index (κ2) is 8.22. The molecule has 9 heteroatoms. The fourth-order valence-electron chi connectivity index (χ4n) is 4.33. The summed E-state index contributed by atoms with van der Waals surface area (Å²) >= 11 is 1.68. The lowest BCUT2D eigenvalue weighted by Gasteiger charge is -2.29. The zero-order chi connectivity index (χ0) is 19.0. The van der Waals surface area contributed by atoms with Crippen LogP contribution in [-0.2, 0) is 6.54 Å². The van der Waals surface area contributed by atoms with E-state index in [1.807, 2.05) is 24.3 Å². The molecule has 0 bridgehead atoms. The molecule has 1 saturated heterocycles. The number of hydrogen-bond acceptors (Lipinski definition) is 6. The molecule has 1 amide bonds. The van der Waals surface area contributed by atoms with Crippen LogP contribution < -0.4 is 5.32 Å². The molecule has 29 heavy (non-hydrogen) atoms. The molecule has 1 saturated carbocycles. The van der Waals surface area contributed by atoms with Gasteiger partial charge in [-0.05, 0) is 94.8 Å². The fourth-order valence-corrected chi connectivity index (χ4v) is 4.99. The normalized spacial score (nSPS) is 19.5. The van der Waals surface area contributed by atoms with Crippen molar-refractivity contribution in [2.75, 3.05) is 13.1 Å². The van der Waals surface area contributed by atoms with Gasteiger partial charge in [0.15, 0.2) is 0 Å². The van der Waals surface area contributed by atoms with Crippen LogP contribution >= 0.6 is 23.7 Å². The largest absolute Gasteiger partial charge is 0.331 e. The number of amides is 1. The van der Waals surface area contributed by atoms with Crippen LogP contribution in [0.4, 0.5) is 0 Å². The zero-order valence-corrected chi connectivity index (χ0v) is 17.5. The summed E-state index contributed by atoms with van der Waals surface area (Å²) in [5.74, 6) is 0.106. The Morgan fingerprint density at radius 1 is 1.24 bits per heavy atom. The summed E-state index contributed by atoms with van der Waals surface area (Å²) in [5, 5.41) is 18.9. The van der Waals surface area contributed by atoms with Gasteiger partial charge in [-0.15, -0.1) is 17.5 Å². The molecule has 1 unspecified atom stereocenters. The first-order valence-electron chi connectivity index (χ1n) is 9.61. The summed E-state index contributed by atoms with van der Waals surface area (Å²) in [6.45, 7) is 2.78. The van der Waals surface area contributed by atoms with Gasteiger partial charge >= 0.3 is 0 Å². The third-order valence-electron chi connectivity index (χ3n) is 6.04. The number of carbonyl (C=O) groups is 1. The van der Waals surface area contributed by atoms with Crippen molar-refractivity contribution in [1.29, 1.82) is 0 Å². The molecule has 1 aliphatic heterocycles. The Balaban J connectivity index is 0.00000205. The van der Waals surface area contributed by atoms with E-state index < -0.39 is 0 Å². The van der Waals surface area contributed by atoms with E-state index in [2.05, 4.69) is 42.6 Å². The van der Waals surface area contributed by atoms with E-state index >= 15 is 0 Å². The Hall–Kier alpha value is -2.29. The number of thiophene rings is 1. The smallest absolute Gasteiger partial charge is 0.254 e. The van der Waals surface area contributed by atoms with Crippen molar-refractivity contribution in [2.24, 2.45) is 5.41 Å². The number of carbonyl (C=O) groups excluding carboxylic acids is 1. The highest BCUT2D eigenvalue weighted by Gasteiger charge is 2.57. The Labute approximate surface area is 179 Å². The third kappa shape index (κ3) is 3.92. The van der Waals surface area contributed by atoms with Crippen LogP contribution in [0.2, 0.25) is 0 Å². The second-order valence-electron chi connectivity index (χ2n) is 7.70. The average molecular weight is 431 g/mol. The van der Waals surface area contributed by atoms with Gasteiger partial charge in [0.1, 0.15) is 6.33 Å². The van der Waals surface area contributed by atoms with Gasteiger partial charge in [0.2, 0.25) is 0 Å². The minimum absolute atomic E-state index is 0. The van der Waals surface area contributed by atoms with Gasteiger partial charge in [-0.25, -0.2) is 4.68 Å². The van der Waals surface area contributed by atoms with Crippen molar-refractivity contribution in [3.63, 3.8) is 0 Å². The molecular formula is C20H23ClN6OS. The minimum atomic E-state index is 0. The predicted molar refractivity (Wildman–Crippen MR) is 114 cm³/mol. The molecular weight excluding hydrogens is 408 g/mol. The van der Waals surface area contributed by atoms with E-state index in [9.17, 15) is 4.79 Å². The van der Waals surface area contributed by atoms with Gasteiger partial charge in [-0.1, -0.05) is 0 Å². The molecule has 1 N–H and O–H groups in total. The quantitative estimate of drug-likeness (QED) is 0.673. The maximum atomic E-state index is 13.4. The maximum Gasteiger partial charge on any atom is 0.254 e. The number of rotatable bonds is 5. The van der Waals surface area contributed by atoms with Crippen LogP contribution in [0.3, 0.4) is 0 Å². The summed E-state index contributed by atoms with van der Waals surface area (Å²) in [4.78, 5) is 15.5. The highest BCUT2D eigenvalue weighted by Crippen LogP contribution is 2.56. The van der Waals surface area contributed by atoms with Gasteiger partial charge < -0.3 is 10.2 Å². The topological polar surface area (TPSA) is 75.9 Å². The number of benzene rings is 1. The lowest BCUT2D eigenvalue weighted by molar-refractivity contribution is 0.0692. The summed E-state index contributed by atoms with van der Waals surface area (Å²) in [6.07, 6.45) is 4.98. The van der Waals surface area contributed by atoms with E-state index in [4.69, 9.17) is 0 Å². The van der Waals surface area contributed by atoms with E-state index in [1.165, 1.54) is 5.56 Å². The van der Waals surface area contributed by atoms with Crippen molar-refractivity contribution in [2.45, 2.75) is 31.8 Å². The maximum absolute atomic E-state index is 13.4. The van der Waals surface area contributed by atoms with Crippen molar-refractivity contribution < 1.29 is 4.79 Å². The van der Waals surface area contributed by atoms with Gasteiger partial charge in [0, 0.05) is 18.2 Å². The molecule has 1 atom stereocenters. The molecule has 0 radical (unpaired) electrons. The summed E-state index contributed by atoms with van der Waals surface area (Å²) in [6, 6.07) is 9.97. The highest BCUT2D eigenvalue weighted by molar-refractivity contribution is 7.07. The van der Waals surface area contributed by atoms with Gasteiger partial charge in [-0.3, -0.25) is 4.79 Å². The molecule has 1 aromatic carbocycles. The fraction of sp³-hybridized carbons (Fsp3) is 0.400. The van der Waals surface area contributed by atoms with Crippen LogP contribution in [0.1, 0.15) is 35.2 Å². The lowest BCUT2D eigenvalue weighted by Crippen LogP contribution is -2.39. The number of aromatic nitrogens is 4. The monoisotopic (exact) mass is 430 g/mol. The molecule has 2 fully saturated rings. The molecule has 1 aliphatic carbocycles. The molecule has 2 aliphatic rings. The Morgan fingerprint density at radius 2 is 2.03 bits per heavy atom. The molecule has 1 spiro atoms. The number of nitrogens with zero attached hydrogens (tertiary/aromatic N) is 5. The van der Waals surface area contributed by atoms with Crippen LogP contribution in [0.25, 0.3) is 5.69 Å². The standard InChI is InChI=1S/C20H22N6OS.ClH/c27-19(16-1-3-17(4-2-16)26-14-22-23-24-26)25(12-15-5-10-28-13-15)18-11-20(18)6-8-21-9-7-20;/h1-5,10,13-14,18,21H,6-9,11-12H2;1H. The molecule has 3 aromatic rings. The highest BCUT2D eigenvalue weighted by atomic mass is 35.5. The number of nitrogens with one attached hydrogen (secondary N) is 1. The SMILES string of the molecule is Cl.O=C(c1ccc(-n2cnnn2)cc1)N(Cc1ccsc1)C1CC12CCNCC2. The summed E-state index contributed by atoms with van der Waals surface area (Å²) < 4.78 is 1.59. The lowest BCUT2D eigenvalue weighted by atomic mass is 9.93. The molecule has 7 nitrogen and oxygen atoms in total. The molecule has 152 valence electrons. The van der Waals surface area contributed by atoms with E-state index in [0.717, 1.165) is 38.0 Å². The van der Waals surface area contributed by atoms with Gasteiger partial charge in [0.05, 0.1) is 5.69 Å². The predicted octanol–water partition coefficient (Wildman–Crippen LogP) is 2.93. The van der Waals surface area contributed by atoms with Crippen molar-refractivity contribution >= 4 is 29.7 Å². The first-order valence-corrected chi connectivity index (χ1v) is 10.6. The van der Waals surface area contributed by atoms with Crippen molar-refractivity contribution in [1.82, 2.24) is 30.4 Å². The summed E-state index contributed by atoms with van der Waals surface area (Å²) in [7, 11) is 0. The van der Waals surface area contributed by atoms with Crippen molar-refractivity contribution in [3.05, 3.63) is 58.5 Å². The third-order valence-corrected chi connectivity index (χ3v) is 6.78. The number of piperidine rings is 1. The Morgan fingerprint density at radius 3 is 2.69 bits per heavy atom. The van der Waals surface area contributed by atoms with Crippen LogP contribution in [-0.4, -0.2) is 50.1 Å². The number of tetrazole rings is 1. The van der Waals surface area contributed by atoms with E-state index in [-0.39, 0.29) is 18.3 Å². The van der Waals surface area contributed by atoms with Crippen LogP contribution in [0.5, 0.6) is 0 Å². The molecule has 2 aromatic heterocycles. The zero-order valence-electron chi connectivity index (χ0n) is 15.9. The van der Waals surface area contributed by atoms with Crippen LogP contribution in [0, 0.1) is 5.41 Å². The first-order chi connectivity index (χ1) is 13.8.